The summed E-state index contributed by atoms with van der Waals surface area (Å²) in [5, 5.41) is 0. The summed E-state index contributed by atoms with van der Waals surface area (Å²) in [5.41, 5.74) is 0. The summed E-state index contributed by atoms with van der Waals surface area (Å²) in [6, 6.07) is 0. The van der Waals surface area contributed by atoms with Crippen LogP contribution in [0.25, 0.3) is 0 Å². The molecule has 0 bridgehead atoms. The predicted molar refractivity (Wildman–Crippen MR) is 142 cm³/mol. The zero-order chi connectivity index (χ0) is 25.0. The van der Waals surface area contributed by atoms with Crippen LogP contribution in [0.1, 0.15) is 136 Å². The van der Waals surface area contributed by atoms with E-state index in [4.69, 9.17) is 18.9 Å². The van der Waals surface area contributed by atoms with Gasteiger partial charge in [-0.25, -0.2) is 0 Å². The topological polar surface area (TPSA) is 54.0 Å². The number of methoxy groups -OCH3 is 1. The predicted octanol–water partition coefficient (Wildman–Crippen LogP) is 8.03. The Morgan fingerprint density at radius 3 is 1.65 bits per heavy atom. The molecule has 0 aromatic rings. The molecule has 5 nitrogen and oxygen atoms in total. The highest BCUT2D eigenvalue weighted by atomic mass is 16.6. The van der Waals surface area contributed by atoms with Gasteiger partial charge in [0.25, 0.3) is 0 Å². The summed E-state index contributed by atoms with van der Waals surface area (Å²) in [5.74, 6) is -0.0881. The van der Waals surface area contributed by atoms with Gasteiger partial charge in [0.05, 0.1) is 19.8 Å². The van der Waals surface area contributed by atoms with E-state index in [1.807, 2.05) is 6.92 Å². The lowest BCUT2D eigenvalue weighted by Crippen LogP contribution is -2.26. The van der Waals surface area contributed by atoms with Crippen LogP contribution in [0.4, 0.5) is 0 Å². The lowest BCUT2D eigenvalue weighted by atomic mass is 10.0. The molecule has 0 N–H and O–H groups in total. The summed E-state index contributed by atoms with van der Waals surface area (Å²) in [7, 11) is 1.71. The molecule has 0 saturated carbocycles. The van der Waals surface area contributed by atoms with Crippen molar-refractivity contribution in [3.05, 3.63) is 0 Å². The van der Waals surface area contributed by atoms with Crippen LogP contribution in [0.2, 0.25) is 0 Å². The summed E-state index contributed by atoms with van der Waals surface area (Å²) < 4.78 is 22.0. The second kappa shape index (κ2) is 28.6. The maximum atomic E-state index is 11.3. The molecule has 0 fully saturated rings. The second-order valence-electron chi connectivity index (χ2n) is 9.59. The Bertz CT molecular complexity index is 402. The van der Waals surface area contributed by atoms with Gasteiger partial charge in [-0.2, -0.15) is 0 Å². The molecule has 0 aliphatic carbocycles. The number of hydrogen-bond acceptors (Lipinski definition) is 5. The van der Waals surface area contributed by atoms with Crippen molar-refractivity contribution in [2.24, 2.45) is 0 Å². The van der Waals surface area contributed by atoms with Gasteiger partial charge in [-0.15, -0.1) is 0 Å². The Labute approximate surface area is 212 Å². The Morgan fingerprint density at radius 2 is 1.12 bits per heavy atom. The normalized spacial score (nSPS) is 12.2. The van der Waals surface area contributed by atoms with E-state index in [0.29, 0.717) is 26.2 Å². The molecule has 34 heavy (non-hydrogen) atoms. The zero-order valence-corrected chi connectivity index (χ0v) is 23.1. The molecule has 0 saturated heterocycles. The molecule has 0 aromatic heterocycles. The molecule has 0 heterocycles. The van der Waals surface area contributed by atoms with E-state index in [9.17, 15) is 4.79 Å². The van der Waals surface area contributed by atoms with E-state index >= 15 is 0 Å². The molecule has 0 aliphatic heterocycles. The van der Waals surface area contributed by atoms with Crippen molar-refractivity contribution in [3.63, 3.8) is 0 Å². The van der Waals surface area contributed by atoms with E-state index in [2.05, 4.69) is 6.92 Å². The first-order valence-electron chi connectivity index (χ1n) is 14.6. The fourth-order valence-corrected chi connectivity index (χ4v) is 4.15. The average Bonchev–Trinajstić information content (AvgIpc) is 2.83. The van der Waals surface area contributed by atoms with Crippen molar-refractivity contribution in [2.75, 3.05) is 40.1 Å². The molecule has 5 heteroatoms. The Hall–Kier alpha value is -0.650. The third-order valence-corrected chi connectivity index (χ3v) is 6.23. The molecule has 0 rings (SSSR count). The lowest BCUT2D eigenvalue weighted by Gasteiger charge is -2.17. The second-order valence-corrected chi connectivity index (χ2v) is 9.59. The van der Waals surface area contributed by atoms with Crippen LogP contribution in [0.3, 0.4) is 0 Å². The molecule has 0 amide bonds. The maximum absolute atomic E-state index is 11.3. The first-order valence-corrected chi connectivity index (χ1v) is 14.6. The van der Waals surface area contributed by atoms with E-state index in [1.165, 1.54) is 83.5 Å². The van der Waals surface area contributed by atoms with Crippen molar-refractivity contribution in [1.29, 1.82) is 0 Å². The van der Waals surface area contributed by atoms with Crippen molar-refractivity contribution < 1.29 is 23.7 Å². The van der Waals surface area contributed by atoms with Crippen molar-refractivity contribution >= 4 is 5.97 Å². The molecule has 0 spiro atoms. The Kier molecular flexibility index (Phi) is 28.0. The summed E-state index contributed by atoms with van der Waals surface area (Å²) in [6.07, 6.45) is 23.8. The molecular formula is C29H58O5. The summed E-state index contributed by atoms with van der Waals surface area (Å²) in [6.45, 7) is 7.30. The first-order chi connectivity index (χ1) is 16.7. The number of carbonyl (C=O) groups excluding carboxylic acids is 1. The van der Waals surface area contributed by atoms with Crippen molar-refractivity contribution in [2.45, 2.75) is 142 Å². The molecule has 204 valence electrons. The van der Waals surface area contributed by atoms with Crippen LogP contribution < -0.4 is 0 Å². The molecular weight excluding hydrogens is 428 g/mol. The fraction of sp³-hybridized carbons (Fsp3) is 0.966. The molecule has 0 aliphatic rings. The third kappa shape index (κ3) is 26.0. The van der Waals surface area contributed by atoms with Gasteiger partial charge < -0.3 is 18.9 Å². The van der Waals surface area contributed by atoms with Gasteiger partial charge in [0.1, 0.15) is 6.10 Å². The smallest absolute Gasteiger partial charge is 0.305 e. The van der Waals surface area contributed by atoms with E-state index < -0.39 is 0 Å². The number of unbranched alkanes of at least 4 members (excludes halogenated alkanes) is 16. The summed E-state index contributed by atoms with van der Waals surface area (Å²) >= 11 is 0. The van der Waals surface area contributed by atoms with E-state index in [1.54, 1.807) is 7.11 Å². The monoisotopic (exact) mass is 486 g/mol. The van der Waals surface area contributed by atoms with Gasteiger partial charge in [0.2, 0.25) is 0 Å². The van der Waals surface area contributed by atoms with Gasteiger partial charge in [0, 0.05) is 26.7 Å². The third-order valence-electron chi connectivity index (χ3n) is 6.23. The minimum Gasteiger partial charge on any atom is -0.466 e. The van der Waals surface area contributed by atoms with Crippen LogP contribution in [0, 0.1) is 0 Å². The zero-order valence-electron chi connectivity index (χ0n) is 23.1. The number of ether oxygens (including phenoxy) is 4. The molecule has 0 radical (unpaired) electrons. The van der Waals surface area contributed by atoms with Crippen LogP contribution in [-0.4, -0.2) is 52.2 Å². The molecule has 1 atom stereocenters. The lowest BCUT2D eigenvalue weighted by molar-refractivity contribution is -0.143. The largest absolute Gasteiger partial charge is 0.466 e. The first kappa shape index (κ1) is 33.4. The number of carbonyl (C=O) groups is 1. The maximum Gasteiger partial charge on any atom is 0.305 e. The SMILES string of the molecule is CCCCCCCCCCCCCCCCOCC(COC)OCCCCCCC(=O)OCC. The van der Waals surface area contributed by atoms with Crippen molar-refractivity contribution in [3.8, 4) is 0 Å². The van der Waals surface area contributed by atoms with Gasteiger partial charge >= 0.3 is 5.97 Å². The van der Waals surface area contributed by atoms with Gasteiger partial charge in [-0.05, 0) is 26.2 Å². The Balaban J connectivity index is 3.41. The van der Waals surface area contributed by atoms with Crippen LogP contribution >= 0.6 is 0 Å². The van der Waals surface area contributed by atoms with Crippen LogP contribution in [0.5, 0.6) is 0 Å². The van der Waals surface area contributed by atoms with Crippen LogP contribution in [0.15, 0.2) is 0 Å². The Morgan fingerprint density at radius 1 is 0.618 bits per heavy atom. The van der Waals surface area contributed by atoms with E-state index in [0.717, 1.165) is 45.3 Å². The average molecular weight is 487 g/mol. The van der Waals surface area contributed by atoms with Gasteiger partial charge in [-0.3, -0.25) is 4.79 Å². The highest BCUT2D eigenvalue weighted by molar-refractivity contribution is 5.69. The highest BCUT2D eigenvalue weighted by Gasteiger charge is 2.09. The standard InChI is InChI=1S/C29H58O5/c1-4-6-7-8-9-10-11-12-13-14-15-16-18-21-24-32-27-28(26-31-3)34-25-22-19-17-20-23-29(30)33-5-2/h28H,4-27H2,1-3H3. The van der Waals surface area contributed by atoms with Gasteiger partial charge in [0.15, 0.2) is 0 Å². The van der Waals surface area contributed by atoms with Crippen molar-refractivity contribution in [1.82, 2.24) is 0 Å². The van der Waals surface area contributed by atoms with Gasteiger partial charge in [-0.1, -0.05) is 103 Å². The summed E-state index contributed by atoms with van der Waals surface area (Å²) in [4.78, 5) is 11.3. The number of hydrogen-bond donors (Lipinski definition) is 0. The van der Waals surface area contributed by atoms with Crippen LogP contribution in [-0.2, 0) is 23.7 Å². The molecule has 1 unspecified atom stereocenters. The quantitative estimate of drug-likeness (QED) is 0.0827. The van der Waals surface area contributed by atoms with E-state index in [-0.39, 0.29) is 12.1 Å². The minimum absolute atomic E-state index is 0.0103. The minimum atomic E-state index is -0.0881. The fourth-order valence-electron chi connectivity index (χ4n) is 4.15. The molecule has 0 aromatic carbocycles. The number of esters is 1. The highest BCUT2D eigenvalue weighted by Crippen LogP contribution is 2.13. The number of rotatable bonds is 28.